The van der Waals surface area contributed by atoms with Gasteiger partial charge in [-0.3, -0.25) is 9.48 Å². The molecule has 0 atom stereocenters. The minimum atomic E-state index is -0.0529. The fourth-order valence-electron chi connectivity index (χ4n) is 3.90. The maximum Gasteiger partial charge on any atom is 0.254 e. The first-order chi connectivity index (χ1) is 15.4. The molecule has 2 N–H and O–H groups in total. The quantitative estimate of drug-likeness (QED) is 0.468. The van der Waals surface area contributed by atoms with E-state index in [1.54, 1.807) is 11.1 Å². The van der Waals surface area contributed by atoms with Crippen LogP contribution in [0.1, 0.15) is 39.9 Å². The Bertz CT molecular complexity index is 1270. The maximum absolute atomic E-state index is 13.6. The van der Waals surface area contributed by atoms with Gasteiger partial charge in [-0.25, -0.2) is 9.97 Å². The van der Waals surface area contributed by atoms with Gasteiger partial charge in [-0.2, -0.15) is 5.10 Å². The van der Waals surface area contributed by atoms with Crippen molar-refractivity contribution >= 4 is 16.8 Å². The number of carbonyl (C=O) groups is 1. The molecule has 0 radical (unpaired) electrons. The van der Waals surface area contributed by atoms with Crippen LogP contribution in [0.5, 0.6) is 0 Å². The second-order valence-corrected chi connectivity index (χ2v) is 8.08. The molecule has 4 rings (SSSR count). The molecule has 32 heavy (non-hydrogen) atoms. The predicted molar refractivity (Wildman–Crippen MR) is 125 cm³/mol. The summed E-state index contributed by atoms with van der Waals surface area (Å²) in [5.74, 6) is 0.768. The first kappa shape index (κ1) is 21.7. The Kier molecular flexibility index (Phi) is 6.05. The van der Waals surface area contributed by atoms with Gasteiger partial charge in [-0.15, -0.1) is 0 Å². The van der Waals surface area contributed by atoms with Gasteiger partial charge in [0.15, 0.2) is 0 Å². The number of aromatic amines is 1. The van der Waals surface area contributed by atoms with Crippen molar-refractivity contribution in [3.63, 3.8) is 0 Å². The van der Waals surface area contributed by atoms with Crippen molar-refractivity contribution in [2.75, 3.05) is 14.1 Å². The van der Waals surface area contributed by atoms with Crippen LogP contribution in [0.2, 0.25) is 0 Å². The lowest BCUT2D eigenvalue weighted by Crippen LogP contribution is -2.27. The van der Waals surface area contributed by atoms with Crippen LogP contribution in [0.15, 0.2) is 36.7 Å². The molecule has 0 fully saturated rings. The van der Waals surface area contributed by atoms with Crippen molar-refractivity contribution in [2.24, 2.45) is 0 Å². The molecule has 0 saturated heterocycles. The molecule has 8 heteroatoms. The number of pyridine rings is 1. The van der Waals surface area contributed by atoms with Crippen molar-refractivity contribution in [1.29, 1.82) is 0 Å². The van der Waals surface area contributed by atoms with Crippen LogP contribution in [-0.2, 0) is 19.6 Å². The first-order valence-electron chi connectivity index (χ1n) is 10.8. The highest BCUT2D eigenvalue weighted by Gasteiger charge is 2.20. The van der Waals surface area contributed by atoms with Crippen molar-refractivity contribution in [3.8, 4) is 11.4 Å². The standard InChI is InChI=1S/C24H29N7O/c1-6-31-16(3)17(11-27-31)14-30(5)24(32)19-10-21(22-12-26-23(29-22)13-25-4)28-20-8-7-15(2)9-18(19)20/h7-12,25H,6,13-14H2,1-5H3,(H,26,29). The smallest absolute Gasteiger partial charge is 0.254 e. The fraction of sp³-hybridized carbons (Fsp3) is 0.333. The van der Waals surface area contributed by atoms with Gasteiger partial charge in [0.1, 0.15) is 5.82 Å². The number of H-pyrrole nitrogens is 1. The van der Waals surface area contributed by atoms with Gasteiger partial charge >= 0.3 is 0 Å². The summed E-state index contributed by atoms with van der Waals surface area (Å²) < 4.78 is 1.94. The van der Waals surface area contributed by atoms with Crippen LogP contribution in [0.3, 0.4) is 0 Å². The number of aryl methyl sites for hydroxylation is 2. The minimum Gasteiger partial charge on any atom is -0.340 e. The minimum absolute atomic E-state index is 0.0529. The lowest BCUT2D eigenvalue weighted by molar-refractivity contribution is 0.0787. The van der Waals surface area contributed by atoms with Crippen LogP contribution in [0, 0.1) is 13.8 Å². The molecule has 0 bridgehead atoms. The normalized spacial score (nSPS) is 11.3. The second kappa shape index (κ2) is 8.92. The summed E-state index contributed by atoms with van der Waals surface area (Å²) in [4.78, 5) is 27.8. The lowest BCUT2D eigenvalue weighted by Gasteiger charge is -2.19. The zero-order valence-corrected chi connectivity index (χ0v) is 19.2. The highest BCUT2D eigenvalue weighted by atomic mass is 16.2. The van der Waals surface area contributed by atoms with Gasteiger partial charge in [0.25, 0.3) is 5.91 Å². The Balaban J connectivity index is 1.74. The van der Waals surface area contributed by atoms with E-state index in [-0.39, 0.29) is 5.91 Å². The summed E-state index contributed by atoms with van der Waals surface area (Å²) in [5, 5.41) is 8.33. The van der Waals surface area contributed by atoms with E-state index in [4.69, 9.17) is 4.98 Å². The third-order valence-corrected chi connectivity index (χ3v) is 5.70. The van der Waals surface area contributed by atoms with Crippen LogP contribution in [0.25, 0.3) is 22.3 Å². The largest absolute Gasteiger partial charge is 0.340 e. The zero-order valence-electron chi connectivity index (χ0n) is 19.2. The Hall–Kier alpha value is -3.52. The topological polar surface area (TPSA) is 91.7 Å². The molecular weight excluding hydrogens is 402 g/mol. The van der Waals surface area contributed by atoms with Gasteiger partial charge in [-0.1, -0.05) is 11.6 Å². The second-order valence-electron chi connectivity index (χ2n) is 8.08. The van der Waals surface area contributed by atoms with E-state index in [1.807, 2.05) is 63.1 Å². The molecule has 8 nitrogen and oxygen atoms in total. The van der Waals surface area contributed by atoms with E-state index in [1.165, 1.54) is 0 Å². The number of benzene rings is 1. The zero-order chi connectivity index (χ0) is 22.8. The molecule has 4 aromatic rings. The molecule has 0 aliphatic heterocycles. The molecule has 1 amide bonds. The van der Waals surface area contributed by atoms with Crippen LogP contribution in [0.4, 0.5) is 0 Å². The van der Waals surface area contributed by atoms with E-state index in [0.29, 0.717) is 24.3 Å². The number of hydrogen-bond donors (Lipinski definition) is 2. The Morgan fingerprint density at radius 3 is 2.75 bits per heavy atom. The summed E-state index contributed by atoms with van der Waals surface area (Å²) >= 11 is 0. The molecule has 1 aromatic carbocycles. The number of fused-ring (bicyclic) bond motifs is 1. The molecule has 3 heterocycles. The van der Waals surface area contributed by atoms with E-state index in [2.05, 4.69) is 27.3 Å². The van der Waals surface area contributed by atoms with Crippen LogP contribution >= 0.6 is 0 Å². The molecule has 0 saturated carbocycles. The SMILES string of the molecule is CCn1ncc(CN(C)C(=O)c2cc(-c3cnc(CNC)[nH]3)nc3ccc(C)cc23)c1C. The number of aromatic nitrogens is 5. The number of carbonyl (C=O) groups excluding carboxylic acids is 1. The van der Waals surface area contributed by atoms with Crippen molar-refractivity contribution in [1.82, 2.24) is 34.9 Å². The summed E-state index contributed by atoms with van der Waals surface area (Å²) in [6.07, 6.45) is 3.60. The fourth-order valence-corrected chi connectivity index (χ4v) is 3.90. The summed E-state index contributed by atoms with van der Waals surface area (Å²) in [6, 6.07) is 7.86. The van der Waals surface area contributed by atoms with Crippen molar-refractivity contribution in [3.05, 3.63) is 64.9 Å². The number of imidazole rings is 1. The van der Waals surface area contributed by atoms with E-state index < -0.39 is 0 Å². The number of nitrogens with one attached hydrogen (secondary N) is 2. The van der Waals surface area contributed by atoms with Gasteiger partial charge in [0, 0.05) is 36.8 Å². The van der Waals surface area contributed by atoms with Crippen molar-refractivity contribution in [2.45, 2.75) is 40.4 Å². The molecular formula is C24H29N7O. The number of nitrogens with zero attached hydrogens (tertiary/aromatic N) is 5. The average Bonchev–Trinajstić information content (AvgIpc) is 3.39. The molecule has 0 aliphatic rings. The lowest BCUT2D eigenvalue weighted by atomic mass is 10.0. The first-order valence-corrected chi connectivity index (χ1v) is 10.8. The highest BCUT2D eigenvalue weighted by Crippen LogP contribution is 2.26. The molecule has 3 aromatic heterocycles. The number of hydrogen-bond acceptors (Lipinski definition) is 5. The van der Waals surface area contributed by atoms with Crippen molar-refractivity contribution < 1.29 is 4.79 Å². The third-order valence-electron chi connectivity index (χ3n) is 5.70. The monoisotopic (exact) mass is 431 g/mol. The Morgan fingerprint density at radius 1 is 1.22 bits per heavy atom. The van der Waals surface area contributed by atoms with E-state index in [9.17, 15) is 4.79 Å². The summed E-state index contributed by atoms with van der Waals surface area (Å²) in [7, 11) is 3.70. The van der Waals surface area contributed by atoms with Crippen LogP contribution in [-0.4, -0.2) is 49.6 Å². The maximum atomic E-state index is 13.6. The third kappa shape index (κ3) is 4.13. The van der Waals surface area contributed by atoms with E-state index >= 15 is 0 Å². The van der Waals surface area contributed by atoms with Gasteiger partial charge in [-0.05, 0) is 46.0 Å². The van der Waals surface area contributed by atoms with Crippen LogP contribution < -0.4 is 5.32 Å². The molecule has 0 unspecified atom stereocenters. The average molecular weight is 432 g/mol. The Labute approximate surface area is 187 Å². The molecule has 0 aliphatic carbocycles. The summed E-state index contributed by atoms with van der Waals surface area (Å²) in [6.45, 7) is 8.04. The summed E-state index contributed by atoms with van der Waals surface area (Å²) in [5.41, 5.74) is 6.10. The van der Waals surface area contributed by atoms with Gasteiger partial charge in [0.2, 0.25) is 0 Å². The van der Waals surface area contributed by atoms with Gasteiger partial charge < -0.3 is 15.2 Å². The highest BCUT2D eigenvalue weighted by molar-refractivity contribution is 6.07. The molecule has 0 spiro atoms. The number of rotatable bonds is 7. The predicted octanol–water partition coefficient (Wildman–Crippen LogP) is 3.45. The number of amides is 1. The van der Waals surface area contributed by atoms with Gasteiger partial charge in [0.05, 0.1) is 41.4 Å². The molecule has 166 valence electrons. The Morgan fingerprint density at radius 2 is 2.03 bits per heavy atom. The van der Waals surface area contributed by atoms with E-state index in [0.717, 1.165) is 45.8 Å².